The Hall–Kier alpha value is -2.86. The summed E-state index contributed by atoms with van der Waals surface area (Å²) in [7, 11) is 0. The number of nitrogens with zero attached hydrogens (tertiary/aromatic N) is 1. The molecule has 2 aromatic carbocycles. The second-order valence-corrected chi connectivity index (χ2v) is 8.53. The van der Waals surface area contributed by atoms with Crippen molar-refractivity contribution in [2.24, 2.45) is 0 Å². The number of morpholine rings is 1. The predicted molar refractivity (Wildman–Crippen MR) is 120 cm³/mol. The first kappa shape index (κ1) is 21.8. The Labute approximate surface area is 178 Å². The molecule has 3 rings (SSSR count). The minimum absolute atomic E-state index is 0.0491. The van der Waals surface area contributed by atoms with E-state index in [0.29, 0.717) is 5.56 Å². The molecular weight excluding hydrogens is 378 g/mol. The molecule has 160 valence electrons. The third-order valence-corrected chi connectivity index (χ3v) is 5.18. The first-order chi connectivity index (χ1) is 14.3. The van der Waals surface area contributed by atoms with Crippen LogP contribution in [0.5, 0.6) is 0 Å². The lowest BCUT2D eigenvalue weighted by molar-refractivity contribution is -0.116. The molecule has 1 saturated heterocycles. The quantitative estimate of drug-likeness (QED) is 0.765. The Morgan fingerprint density at radius 3 is 2.20 bits per heavy atom. The summed E-state index contributed by atoms with van der Waals surface area (Å²) < 4.78 is 5.37. The van der Waals surface area contributed by atoms with Crippen molar-refractivity contribution in [1.29, 1.82) is 0 Å². The second kappa shape index (κ2) is 9.76. The monoisotopic (exact) mass is 409 g/mol. The topological polar surface area (TPSA) is 70.7 Å². The highest BCUT2D eigenvalue weighted by Crippen LogP contribution is 2.22. The lowest BCUT2D eigenvalue weighted by atomic mass is 9.87. The van der Waals surface area contributed by atoms with Crippen LogP contribution < -0.4 is 15.5 Å². The lowest BCUT2D eigenvalue weighted by Gasteiger charge is -2.28. The van der Waals surface area contributed by atoms with Crippen LogP contribution in [0.3, 0.4) is 0 Å². The predicted octanol–water partition coefficient (Wildman–Crippen LogP) is 3.58. The van der Waals surface area contributed by atoms with E-state index in [9.17, 15) is 9.59 Å². The van der Waals surface area contributed by atoms with Crippen LogP contribution in [0.2, 0.25) is 0 Å². The van der Waals surface area contributed by atoms with Crippen molar-refractivity contribution in [3.63, 3.8) is 0 Å². The summed E-state index contributed by atoms with van der Waals surface area (Å²) in [5.41, 5.74) is 3.70. The Balaban J connectivity index is 1.42. The number of hydrogen-bond acceptors (Lipinski definition) is 4. The zero-order valence-corrected chi connectivity index (χ0v) is 18.0. The van der Waals surface area contributed by atoms with E-state index in [4.69, 9.17) is 4.74 Å². The highest BCUT2D eigenvalue weighted by atomic mass is 16.5. The van der Waals surface area contributed by atoms with Crippen LogP contribution in [-0.2, 0) is 14.9 Å². The summed E-state index contributed by atoms with van der Waals surface area (Å²) in [5.74, 6) is -0.296. The highest BCUT2D eigenvalue weighted by molar-refractivity contribution is 5.95. The Morgan fingerprint density at radius 2 is 1.60 bits per heavy atom. The van der Waals surface area contributed by atoms with Gasteiger partial charge in [-0.2, -0.15) is 0 Å². The van der Waals surface area contributed by atoms with E-state index in [2.05, 4.69) is 36.3 Å². The SMILES string of the molecule is CC(C)(C)c1ccc(C(=O)NCCC(=O)Nc2ccc(N3CCOCC3)cc2)cc1. The first-order valence-electron chi connectivity index (χ1n) is 10.4. The largest absolute Gasteiger partial charge is 0.378 e. The molecule has 6 nitrogen and oxygen atoms in total. The van der Waals surface area contributed by atoms with Crippen molar-refractivity contribution in [1.82, 2.24) is 5.32 Å². The molecule has 1 aliphatic rings. The molecule has 1 aliphatic heterocycles. The fourth-order valence-corrected chi connectivity index (χ4v) is 3.31. The number of rotatable bonds is 6. The normalized spacial score (nSPS) is 14.3. The van der Waals surface area contributed by atoms with Crippen molar-refractivity contribution < 1.29 is 14.3 Å². The fourth-order valence-electron chi connectivity index (χ4n) is 3.31. The summed E-state index contributed by atoms with van der Waals surface area (Å²) in [6.45, 7) is 9.94. The highest BCUT2D eigenvalue weighted by Gasteiger charge is 2.15. The maximum Gasteiger partial charge on any atom is 0.251 e. The molecule has 0 atom stereocenters. The zero-order valence-electron chi connectivity index (χ0n) is 18.0. The van der Waals surface area contributed by atoms with Gasteiger partial charge in [-0.15, -0.1) is 0 Å². The van der Waals surface area contributed by atoms with Gasteiger partial charge in [0.1, 0.15) is 0 Å². The molecular formula is C24H31N3O3. The van der Waals surface area contributed by atoms with Gasteiger partial charge in [-0.25, -0.2) is 0 Å². The van der Waals surface area contributed by atoms with Gasteiger partial charge in [-0.3, -0.25) is 9.59 Å². The smallest absolute Gasteiger partial charge is 0.251 e. The third kappa shape index (κ3) is 6.07. The molecule has 2 amide bonds. The molecule has 0 saturated carbocycles. The third-order valence-electron chi connectivity index (χ3n) is 5.18. The van der Waals surface area contributed by atoms with Gasteiger partial charge in [-0.05, 0) is 47.4 Å². The van der Waals surface area contributed by atoms with Gasteiger partial charge in [0, 0.05) is 43.0 Å². The van der Waals surface area contributed by atoms with Crippen LogP contribution in [0.25, 0.3) is 0 Å². The lowest BCUT2D eigenvalue weighted by Crippen LogP contribution is -2.36. The van der Waals surface area contributed by atoms with E-state index < -0.39 is 0 Å². The Bertz CT molecular complexity index is 849. The van der Waals surface area contributed by atoms with Crippen molar-refractivity contribution >= 4 is 23.2 Å². The summed E-state index contributed by atoms with van der Waals surface area (Å²) in [4.78, 5) is 26.7. The van der Waals surface area contributed by atoms with Crippen LogP contribution in [0.15, 0.2) is 48.5 Å². The van der Waals surface area contributed by atoms with E-state index in [0.717, 1.165) is 37.7 Å². The molecule has 0 unspecified atom stereocenters. The minimum atomic E-state index is -0.168. The number of carbonyl (C=O) groups is 2. The van der Waals surface area contributed by atoms with Crippen molar-refractivity contribution in [3.8, 4) is 0 Å². The average Bonchev–Trinajstić information content (AvgIpc) is 2.74. The summed E-state index contributed by atoms with van der Waals surface area (Å²) in [5, 5.41) is 5.68. The van der Waals surface area contributed by atoms with Gasteiger partial charge < -0.3 is 20.3 Å². The second-order valence-electron chi connectivity index (χ2n) is 8.53. The molecule has 6 heteroatoms. The van der Waals surface area contributed by atoms with Crippen LogP contribution >= 0.6 is 0 Å². The summed E-state index contributed by atoms with van der Waals surface area (Å²) >= 11 is 0. The number of amides is 2. The van der Waals surface area contributed by atoms with Gasteiger partial charge in [-0.1, -0.05) is 32.9 Å². The van der Waals surface area contributed by atoms with Gasteiger partial charge in [0.15, 0.2) is 0 Å². The van der Waals surface area contributed by atoms with Crippen LogP contribution in [-0.4, -0.2) is 44.7 Å². The van der Waals surface area contributed by atoms with Gasteiger partial charge in [0.2, 0.25) is 5.91 Å². The van der Waals surface area contributed by atoms with Gasteiger partial charge >= 0.3 is 0 Å². The Kier molecular flexibility index (Phi) is 7.11. The van der Waals surface area contributed by atoms with E-state index in [1.807, 2.05) is 48.5 Å². The molecule has 0 bridgehead atoms. The van der Waals surface area contributed by atoms with Crippen LogP contribution in [0, 0.1) is 0 Å². The molecule has 30 heavy (non-hydrogen) atoms. The molecule has 0 aliphatic carbocycles. The molecule has 0 radical (unpaired) electrons. The average molecular weight is 410 g/mol. The number of carbonyl (C=O) groups excluding carboxylic acids is 2. The first-order valence-corrected chi connectivity index (χ1v) is 10.4. The van der Waals surface area contributed by atoms with E-state index in [-0.39, 0.29) is 30.2 Å². The molecule has 2 N–H and O–H groups in total. The van der Waals surface area contributed by atoms with E-state index in [1.54, 1.807) is 0 Å². The molecule has 1 fully saturated rings. The Morgan fingerprint density at radius 1 is 0.967 bits per heavy atom. The zero-order chi connectivity index (χ0) is 21.6. The summed E-state index contributed by atoms with van der Waals surface area (Å²) in [6.07, 6.45) is 0.219. The maximum absolute atomic E-state index is 12.3. The molecule has 2 aromatic rings. The standard InChI is InChI=1S/C24H31N3O3/c1-24(2,3)19-6-4-18(5-7-19)23(29)25-13-12-22(28)26-20-8-10-21(11-9-20)27-14-16-30-17-15-27/h4-11H,12-17H2,1-3H3,(H,25,29)(H,26,28). The van der Waals surface area contributed by atoms with Crippen molar-refractivity contribution in [3.05, 3.63) is 59.7 Å². The van der Waals surface area contributed by atoms with E-state index in [1.165, 1.54) is 5.56 Å². The minimum Gasteiger partial charge on any atom is -0.378 e. The van der Waals surface area contributed by atoms with Gasteiger partial charge in [0.05, 0.1) is 13.2 Å². The van der Waals surface area contributed by atoms with Crippen LogP contribution in [0.1, 0.15) is 43.1 Å². The molecule has 0 spiro atoms. The van der Waals surface area contributed by atoms with Crippen molar-refractivity contribution in [2.75, 3.05) is 43.1 Å². The van der Waals surface area contributed by atoms with Crippen LogP contribution in [0.4, 0.5) is 11.4 Å². The van der Waals surface area contributed by atoms with E-state index >= 15 is 0 Å². The summed E-state index contributed by atoms with van der Waals surface area (Å²) in [6, 6.07) is 15.4. The van der Waals surface area contributed by atoms with Crippen molar-refractivity contribution in [2.45, 2.75) is 32.6 Å². The molecule has 1 heterocycles. The number of ether oxygens (including phenoxy) is 1. The fraction of sp³-hybridized carbons (Fsp3) is 0.417. The maximum atomic E-state index is 12.3. The van der Waals surface area contributed by atoms with Gasteiger partial charge in [0.25, 0.3) is 5.91 Å². The number of hydrogen-bond donors (Lipinski definition) is 2. The number of anilines is 2. The molecule has 0 aromatic heterocycles. The number of benzene rings is 2. The number of nitrogens with one attached hydrogen (secondary N) is 2.